The number of aromatic nitrogens is 1. The molecule has 0 unspecified atom stereocenters. The molecule has 1 aromatic rings. The molecule has 0 saturated heterocycles. The Kier molecular flexibility index (Phi) is 5.07. The molecule has 1 amide bonds. The largest absolute Gasteiger partial charge is 0.444 e. The second kappa shape index (κ2) is 6.55. The summed E-state index contributed by atoms with van der Waals surface area (Å²) in [6, 6.07) is 7.14. The number of nitrogens with zero attached hydrogens (tertiary/aromatic N) is 2. The summed E-state index contributed by atoms with van der Waals surface area (Å²) in [6.07, 6.45) is 3.02. The first-order chi connectivity index (χ1) is 8.90. The van der Waals surface area contributed by atoms with Gasteiger partial charge in [-0.3, -0.25) is 0 Å². The van der Waals surface area contributed by atoms with Crippen molar-refractivity contribution in [2.75, 3.05) is 6.54 Å². The lowest BCUT2D eigenvalue weighted by Crippen LogP contribution is -2.32. The molecule has 5 nitrogen and oxygen atoms in total. The first-order valence-corrected chi connectivity index (χ1v) is 5.91. The predicted molar refractivity (Wildman–Crippen MR) is 72.2 cm³/mol. The van der Waals surface area contributed by atoms with Crippen LogP contribution in [0.4, 0.5) is 4.79 Å². The van der Waals surface area contributed by atoms with Gasteiger partial charge >= 0.3 is 6.09 Å². The topological polar surface area (TPSA) is 75.0 Å². The summed E-state index contributed by atoms with van der Waals surface area (Å²) in [5.74, 6) is 0. The predicted octanol–water partition coefficient (Wildman–Crippen LogP) is 2.49. The quantitative estimate of drug-likeness (QED) is 0.904. The molecule has 1 aromatic heterocycles. The lowest BCUT2D eigenvalue weighted by Gasteiger charge is -2.19. The van der Waals surface area contributed by atoms with Gasteiger partial charge in [0, 0.05) is 6.54 Å². The van der Waals surface area contributed by atoms with Crippen molar-refractivity contribution in [2.24, 2.45) is 0 Å². The van der Waals surface area contributed by atoms with Crippen LogP contribution >= 0.6 is 0 Å². The smallest absolute Gasteiger partial charge is 0.407 e. The van der Waals surface area contributed by atoms with E-state index in [1.54, 1.807) is 51.1 Å². The van der Waals surface area contributed by atoms with Crippen molar-refractivity contribution in [1.82, 2.24) is 10.3 Å². The van der Waals surface area contributed by atoms with Crippen LogP contribution in [0.15, 0.2) is 24.3 Å². The molecule has 0 aliphatic carbocycles. The maximum atomic E-state index is 11.3. The Morgan fingerprint density at radius 3 is 2.89 bits per heavy atom. The van der Waals surface area contributed by atoms with Gasteiger partial charge in [0.2, 0.25) is 0 Å². The third-order valence-electron chi connectivity index (χ3n) is 1.94. The number of rotatable bonds is 3. The van der Waals surface area contributed by atoms with Gasteiger partial charge in [0.15, 0.2) is 0 Å². The minimum Gasteiger partial charge on any atom is -0.444 e. The molecular weight excluding hydrogens is 242 g/mol. The first kappa shape index (κ1) is 14.7. The van der Waals surface area contributed by atoms with Crippen molar-refractivity contribution >= 4 is 12.2 Å². The zero-order valence-electron chi connectivity index (χ0n) is 11.3. The molecule has 0 bridgehead atoms. The molecule has 0 atom stereocenters. The zero-order chi connectivity index (χ0) is 14.3. The highest BCUT2D eigenvalue weighted by atomic mass is 16.6. The second-order valence-electron chi connectivity index (χ2n) is 4.84. The van der Waals surface area contributed by atoms with Gasteiger partial charge in [-0.25, -0.2) is 9.78 Å². The van der Waals surface area contributed by atoms with E-state index in [4.69, 9.17) is 10.00 Å². The van der Waals surface area contributed by atoms with E-state index in [9.17, 15) is 4.79 Å². The molecule has 1 N–H and O–H groups in total. The van der Waals surface area contributed by atoms with Crippen molar-refractivity contribution < 1.29 is 9.53 Å². The van der Waals surface area contributed by atoms with Gasteiger partial charge in [0.05, 0.1) is 5.69 Å². The van der Waals surface area contributed by atoms with Gasteiger partial charge in [-0.1, -0.05) is 12.1 Å². The number of hydrogen-bond donors (Lipinski definition) is 1. The van der Waals surface area contributed by atoms with Crippen LogP contribution in [-0.2, 0) is 4.74 Å². The summed E-state index contributed by atoms with van der Waals surface area (Å²) < 4.78 is 5.08. The molecule has 5 heteroatoms. The van der Waals surface area contributed by atoms with Crippen molar-refractivity contribution in [3.8, 4) is 6.07 Å². The molecule has 19 heavy (non-hydrogen) atoms. The Morgan fingerprint density at radius 2 is 2.26 bits per heavy atom. The fourth-order valence-corrected chi connectivity index (χ4v) is 1.24. The van der Waals surface area contributed by atoms with E-state index in [2.05, 4.69) is 10.3 Å². The molecule has 0 spiro atoms. The van der Waals surface area contributed by atoms with Crippen LogP contribution in [0.25, 0.3) is 6.08 Å². The molecule has 0 fully saturated rings. The number of nitrogens with one attached hydrogen (secondary N) is 1. The van der Waals surface area contributed by atoms with Crippen molar-refractivity contribution in [1.29, 1.82) is 5.26 Å². The summed E-state index contributed by atoms with van der Waals surface area (Å²) in [5.41, 5.74) is 0.531. The minimum atomic E-state index is -0.503. The summed E-state index contributed by atoms with van der Waals surface area (Å²) in [7, 11) is 0. The Labute approximate surface area is 112 Å². The lowest BCUT2D eigenvalue weighted by molar-refractivity contribution is 0.0534. The fourth-order valence-electron chi connectivity index (χ4n) is 1.24. The number of pyridine rings is 1. The molecule has 0 aromatic carbocycles. The maximum absolute atomic E-state index is 11.3. The number of alkyl carbamates (subject to hydrolysis) is 1. The van der Waals surface area contributed by atoms with Gasteiger partial charge < -0.3 is 10.1 Å². The number of amides is 1. The Bertz CT molecular complexity index is 510. The molecule has 0 saturated carbocycles. The van der Waals surface area contributed by atoms with E-state index in [1.165, 1.54) is 0 Å². The lowest BCUT2D eigenvalue weighted by atomic mass is 10.2. The average Bonchev–Trinajstić information content (AvgIpc) is 2.33. The summed E-state index contributed by atoms with van der Waals surface area (Å²) in [6.45, 7) is 5.76. The summed E-state index contributed by atoms with van der Waals surface area (Å²) >= 11 is 0. The molecule has 1 heterocycles. The van der Waals surface area contributed by atoms with Gasteiger partial charge in [-0.05, 0) is 39.0 Å². The number of ether oxygens (including phenoxy) is 1. The highest BCUT2D eigenvalue weighted by Gasteiger charge is 2.14. The highest BCUT2D eigenvalue weighted by molar-refractivity contribution is 5.68. The monoisotopic (exact) mass is 259 g/mol. The van der Waals surface area contributed by atoms with Gasteiger partial charge in [0.1, 0.15) is 17.4 Å². The standard InChI is InChI=1S/C14H17N3O2/c1-14(2,3)19-13(18)16-9-5-8-11-6-4-7-12(10-15)17-11/h4-8H,9H2,1-3H3,(H,16,18). The summed E-state index contributed by atoms with van der Waals surface area (Å²) in [5, 5.41) is 11.3. The van der Waals surface area contributed by atoms with E-state index >= 15 is 0 Å². The van der Waals surface area contributed by atoms with Gasteiger partial charge in [-0.15, -0.1) is 0 Å². The van der Waals surface area contributed by atoms with Gasteiger partial charge in [-0.2, -0.15) is 5.26 Å². The summed E-state index contributed by atoms with van der Waals surface area (Å²) in [4.78, 5) is 15.4. The maximum Gasteiger partial charge on any atom is 0.407 e. The van der Waals surface area contributed by atoms with Crippen LogP contribution in [0.2, 0.25) is 0 Å². The van der Waals surface area contributed by atoms with E-state index in [0.29, 0.717) is 17.9 Å². The van der Waals surface area contributed by atoms with Crippen molar-refractivity contribution in [3.63, 3.8) is 0 Å². The number of carbonyl (C=O) groups is 1. The third kappa shape index (κ3) is 6.22. The number of carbonyl (C=O) groups excluding carboxylic acids is 1. The Balaban J connectivity index is 2.42. The minimum absolute atomic E-state index is 0.341. The Morgan fingerprint density at radius 1 is 1.53 bits per heavy atom. The molecule has 1 rings (SSSR count). The molecule has 0 aliphatic rings. The third-order valence-corrected chi connectivity index (χ3v) is 1.94. The highest BCUT2D eigenvalue weighted by Crippen LogP contribution is 2.06. The Hall–Kier alpha value is -2.35. The van der Waals surface area contributed by atoms with Crippen molar-refractivity contribution in [2.45, 2.75) is 26.4 Å². The average molecular weight is 259 g/mol. The SMILES string of the molecule is CC(C)(C)OC(=O)NCC=Cc1cccc(C#N)n1. The van der Waals surface area contributed by atoms with Crippen LogP contribution in [0.1, 0.15) is 32.2 Å². The van der Waals surface area contributed by atoms with Crippen molar-refractivity contribution in [3.05, 3.63) is 35.7 Å². The van der Waals surface area contributed by atoms with Crippen LogP contribution in [-0.4, -0.2) is 23.2 Å². The van der Waals surface area contributed by atoms with Crippen LogP contribution in [0, 0.1) is 11.3 Å². The fraction of sp³-hybridized carbons (Fsp3) is 0.357. The molecule has 0 radical (unpaired) electrons. The van der Waals surface area contributed by atoms with E-state index in [1.807, 2.05) is 6.07 Å². The van der Waals surface area contributed by atoms with E-state index in [0.717, 1.165) is 0 Å². The van der Waals surface area contributed by atoms with Crippen LogP contribution < -0.4 is 5.32 Å². The van der Waals surface area contributed by atoms with E-state index in [-0.39, 0.29) is 0 Å². The van der Waals surface area contributed by atoms with Gasteiger partial charge in [0.25, 0.3) is 0 Å². The number of nitriles is 1. The van der Waals surface area contributed by atoms with E-state index < -0.39 is 11.7 Å². The molecule has 100 valence electrons. The molecule has 0 aliphatic heterocycles. The van der Waals surface area contributed by atoms with Crippen LogP contribution in [0.5, 0.6) is 0 Å². The second-order valence-corrected chi connectivity index (χ2v) is 4.84. The first-order valence-electron chi connectivity index (χ1n) is 5.91. The number of hydrogen-bond acceptors (Lipinski definition) is 4. The zero-order valence-corrected chi connectivity index (χ0v) is 11.3. The normalized spacial score (nSPS) is 11.1. The molecular formula is C14H17N3O2. The van der Waals surface area contributed by atoms with Crippen LogP contribution in [0.3, 0.4) is 0 Å².